The lowest BCUT2D eigenvalue weighted by atomic mass is 10.4. The maximum Gasteiger partial charge on any atom is 0.0157 e. The van der Waals surface area contributed by atoms with Gasteiger partial charge in [-0.3, -0.25) is 0 Å². The lowest BCUT2D eigenvalue weighted by molar-refractivity contribution is 1.09. The predicted molar refractivity (Wildman–Crippen MR) is 101 cm³/mol. The molecule has 2 rings (SSSR count). The zero-order valence-electron chi connectivity index (χ0n) is 12.6. The van der Waals surface area contributed by atoms with Gasteiger partial charge in [0.05, 0.1) is 0 Å². The monoisotopic (exact) mass is 334 g/mol. The highest BCUT2D eigenvalue weighted by Crippen LogP contribution is 2.28. The van der Waals surface area contributed by atoms with Crippen molar-refractivity contribution in [3.05, 3.63) is 60.7 Å². The number of benzene rings is 2. The van der Waals surface area contributed by atoms with Crippen LogP contribution in [0.4, 0.5) is 0 Å². The van der Waals surface area contributed by atoms with Crippen LogP contribution in [-0.4, -0.2) is 22.0 Å². The third-order valence-electron chi connectivity index (χ3n) is 2.87. The molecule has 0 aliphatic carbocycles. The maximum absolute atomic E-state index is 2.32. The molecule has 0 radical (unpaired) electrons. The molecular formula is C18H22S3. The summed E-state index contributed by atoms with van der Waals surface area (Å²) in [5.74, 6) is 2.42. The van der Waals surface area contributed by atoms with E-state index in [0.29, 0.717) is 10.5 Å². The van der Waals surface area contributed by atoms with Crippen LogP contribution in [0.3, 0.4) is 0 Å². The summed E-state index contributed by atoms with van der Waals surface area (Å²) in [6, 6.07) is 21.4. The Balaban J connectivity index is 1.64. The summed E-state index contributed by atoms with van der Waals surface area (Å²) in [7, 11) is 0. The quantitative estimate of drug-likeness (QED) is 0.537. The van der Waals surface area contributed by atoms with E-state index in [2.05, 4.69) is 86.3 Å². The average molecular weight is 335 g/mol. The fourth-order valence-corrected chi connectivity index (χ4v) is 5.41. The highest BCUT2D eigenvalue weighted by Gasteiger charge is 2.08. The van der Waals surface area contributed by atoms with E-state index in [-0.39, 0.29) is 0 Å². The van der Waals surface area contributed by atoms with E-state index in [1.165, 1.54) is 21.3 Å². The minimum atomic E-state index is 0.659. The highest BCUT2D eigenvalue weighted by atomic mass is 32.2. The van der Waals surface area contributed by atoms with E-state index in [1.807, 2.05) is 23.5 Å². The molecule has 2 aromatic carbocycles. The Kier molecular flexibility index (Phi) is 7.62. The normalized spacial score (nSPS) is 13.8. The molecule has 2 atom stereocenters. The Morgan fingerprint density at radius 2 is 1.05 bits per heavy atom. The molecule has 0 aliphatic rings. The molecule has 0 bridgehead atoms. The van der Waals surface area contributed by atoms with Crippen LogP contribution >= 0.6 is 35.3 Å². The van der Waals surface area contributed by atoms with E-state index in [1.54, 1.807) is 0 Å². The second-order valence-electron chi connectivity index (χ2n) is 5.02. The van der Waals surface area contributed by atoms with Gasteiger partial charge in [-0.1, -0.05) is 50.2 Å². The third kappa shape index (κ3) is 6.86. The van der Waals surface area contributed by atoms with Gasteiger partial charge in [-0.15, -0.1) is 23.5 Å². The molecule has 0 aliphatic heterocycles. The topological polar surface area (TPSA) is 0 Å². The first-order chi connectivity index (χ1) is 10.2. The first-order valence-electron chi connectivity index (χ1n) is 7.25. The number of rotatable bonds is 8. The predicted octanol–water partition coefficient (Wildman–Crippen LogP) is 6.08. The van der Waals surface area contributed by atoms with Crippen molar-refractivity contribution < 1.29 is 0 Å². The average Bonchev–Trinajstić information content (AvgIpc) is 2.49. The van der Waals surface area contributed by atoms with E-state index < -0.39 is 0 Å². The van der Waals surface area contributed by atoms with Crippen LogP contribution < -0.4 is 0 Å². The van der Waals surface area contributed by atoms with Gasteiger partial charge in [-0.2, -0.15) is 11.8 Å². The van der Waals surface area contributed by atoms with Crippen LogP contribution in [-0.2, 0) is 0 Å². The van der Waals surface area contributed by atoms with E-state index >= 15 is 0 Å². The Labute approximate surface area is 141 Å². The highest BCUT2D eigenvalue weighted by molar-refractivity contribution is 8.05. The lowest BCUT2D eigenvalue weighted by Crippen LogP contribution is -2.05. The van der Waals surface area contributed by atoms with Gasteiger partial charge in [-0.25, -0.2) is 0 Å². The van der Waals surface area contributed by atoms with Gasteiger partial charge in [0.1, 0.15) is 0 Å². The Morgan fingerprint density at radius 3 is 1.43 bits per heavy atom. The number of thioether (sulfide) groups is 3. The zero-order valence-corrected chi connectivity index (χ0v) is 15.0. The lowest BCUT2D eigenvalue weighted by Gasteiger charge is -2.14. The van der Waals surface area contributed by atoms with Gasteiger partial charge in [0, 0.05) is 31.8 Å². The fraction of sp³-hybridized carbons (Fsp3) is 0.333. The Bertz CT molecular complexity index is 451. The molecule has 0 amide bonds. The van der Waals surface area contributed by atoms with E-state index in [0.717, 1.165) is 0 Å². The smallest absolute Gasteiger partial charge is 0.0157 e. The summed E-state index contributed by atoms with van der Waals surface area (Å²) in [6.45, 7) is 4.64. The summed E-state index contributed by atoms with van der Waals surface area (Å²) in [5, 5.41) is 1.32. The van der Waals surface area contributed by atoms with Crippen molar-refractivity contribution in [3.8, 4) is 0 Å². The van der Waals surface area contributed by atoms with Gasteiger partial charge in [0.25, 0.3) is 0 Å². The summed E-state index contributed by atoms with van der Waals surface area (Å²) < 4.78 is 0. The standard InChI is InChI=1S/C18H22S3/c1-15(20-17-9-5-3-6-10-17)13-19-14-16(2)21-18-11-7-4-8-12-18/h3-12,15-16H,13-14H2,1-2H3/t15-,16-/m0/s1. The van der Waals surface area contributed by atoms with Gasteiger partial charge in [0.2, 0.25) is 0 Å². The zero-order chi connectivity index (χ0) is 14.9. The second kappa shape index (κ2) is 9.50. The van der Waals surface area contributed by atoms with Crippen LogP contribution in [0.2, 0.25) is 0 Å². The first-order valence-corrected chi connectivity index (χ1v) is 10.2. The van der Waals surface area contributed by atoms with Crippen LogP contribution in [0.15, 0.2) is 70.5 Å². The van der Waals surface area contributed by atoms with Gasteiger partial charge < -0.3 is 0 Å². The summed E-state index contributed by atoms with van der Waals surface area (Å²) in [5.41, 5.74) is 0. The molecule has 21 heavy (non-hydrogen) atoms. The molecule has 0 unspecified atom stereocenters. The van der Waals surface area contributed by atoms with Crippen LogP contribution in [0.25, 0.3) is 0 Å². The van der Waals surface area contributed by atoms with Crippen molar-refractivity contribution in [1.82, 2.24) is 0 Å². The van der Waals surface area contributed by atoms with Crippen LogP contribution in [0, 0.1) is 0 Å². The van der Waals surface area contributed by atoms with E-state index in [9.17, 15) is 0 Å². The molecule has 0 nitrogen and oxygen atoms in total. The SMILES string of the molecule is C[C@@H](CSC[C@H](C)Sc1ccccc1)Sc1ccccc1. The van der Waals surface area contributed by atoms with Crippen LogP contribution in [0.5, 0.6) is 0 Å². The molecule has 0 saturated carbocycles. The summed E-state index contributed by atoms with van der Waals surface area (Å²) >= 11 is 6.01. The molecule has 0 aromatic heterocycles. The first kappa shape index (κ1) is 16.9. The fourth-order valence-electron chi connectivity index (χ4n) is 1.93. The van der Waals surface area contributed by atoms with Crippen molar-refractivity contribution in [1.29, 1.82) is 0 Å². The molecule has 0 saturated heterocycles. The molecule has 0 spiro atoms. The Hall–Kier alpha value is -0.510. The molecule has 0 N–H and O–H groups in total. The largest absolute Gasteiger partial charge is 0.160 e. The summed E-state index contributed by atoms with van der Waals surface area (Å²) in [6.07, 6.45) is 0. The molecule has 3 heteroatoms. The molecule has 2 aromatic rings. The number of hydrogen-bond acceptors (Lipinski definition) is 3. The molecule has 0 fully saturated rings. The number of hydrogen-bond donors (Lipinski definition) is 0. The van der Waals surface area contributed by atoms with Gasteiger partial charge >= 0.3 is 0 Å². The van der Waals surface area contributed by atoms with Crippen molar-refractivity contribution in [3.63, 3.8) is 0 Å². The Morgan fingerprint density at radius 1 is 0.667 bits per heavy atom. The van der Waals surface area contributed by atoms with Gasteiger partial charge in [0.15, 0.2) is 0 Å². The molecule has 0 heterocycles. The second-order valence-corrected chi connectivity index (χ2v) is 9.12. The minimum Gasteiger partial charge on any atom is -0.160 e. The minimum absolute atomic E-state index is 0.659. The van der Waals surface area contributed by atoms with Crippen molar-refractivity contribution >= 4 is 35.3 Å². The molecule has 112 valence electrons. The van der Waals surface area contributed by atoms with Crippen LogP contribution in [0.1, 0.15) is 13.8 Å². The van der Waals surface area contributed by atoms with Gasteiger partial charge in [-0.05, 0) is 24.3 Å². The summed E-state index contributed by atoms with van der Waals surface area (Å²) in [4.78, 5) is 2.75. The van der Waals surface area contributed by atoms with E-state index in [4.69, 9.17) is 0 Å². The van der Waals surface area contributed by atoms with Crippen molar-refractivity contribution in [2.24, 2.45) is 0 Å². The molecular weight excluding hydrogens is 312 g/mol. The van der Waals surface area contributed by atoms with Crippen molar-refractivity contribution in [2.75, 3.05) is 11.5 Å². The third-order valence-corrected chi connectivity index (χ3v) is 6.99. The maximum atomic E-state index is 2.32. The van der Waals surface area contributed by atoms with Crippen molar-refractivity contribution in [2.45, 2.75) is 34.1 Å².